The predicted octanol–water partition coefficient (Wildman–Crippen LogP) is 1.49. The van der Waals surface area contributed by atoms with Crippen molar-refractivity contribution >= 4 is 28.9 Å². The van der Waals surface area contributed by atoms with Crippen molar-refractivity contribution in [1.29, 1.82) is 0 Å². The standard InChI is InChI=1S/C4H2ClNO2S/c5-3-2(4(7)8)9-1-6-3/h1H,(H,7,8). The molecule has 0 radical (unpaired) electrons. The molecule has 0 saturated heterocycles. The second-order valence-corrected chi connectivity index (χ2v) is 2.49. The normalized spacial score (nSPS) is 9.44. The number of nitrogens with zero attached hydrogens (tertiary/aromatic N) is 1. The van der Waals surface area contributed by atoms with E-state index in [4.69, 9.17) is 16.7 Å². The van der Waals surface area contributed by atoms with Crippen LogP contribution in [0.1, 0.15) is 9.67 Å². The number of halogens is 1. The molecule has 0 amide bonds. The number of aromatic carboxylic acids is 1. The van der Waals surface area contributed by atoms with Crippen molar-refractivity contribution in [1.82, 2.24) is 4.98 Å². The van der Waals surface area contributed by atoms with Crippen LogP contribution in [-0.2, 0) is 0 Å². The molecule has 0 fully saturated rings. The van der Waals surface area contributed by atoms with Gasteiger partial charge in [-0.05, 0) is 0 Å². The summed E-state index contributed by atoms with van der Waals surface area (Å²) in [5.41, 5.74) is 1.39. The predicted molar refractivity (Wildman–Crippen MR) is 34.1 cm³/mol. The third-order valence-electron chi connectivity index (χ3n) is 0.718. The molecule has 1 heterocycles. The molecular weight excluding hydrogens is 162 g/mol. The van der Waals surface area contributed by atoms with Gasteiger partial charge in [-0.15, -0.1) is 11.3 Å². The van der Waals surface area contributed by atoms with Crippen LogP contribution in [0.3, 0.4) is 0 Å². The van der Waals surface area contributed by atoms with Crippen LogP contribution in [0, 0.1) is 0 Å². The highest BCUT2D eigenvalue weighted by Gasteiger charge is 2.09. The molecule has 1 aromatic rings. The Morgan fingerprint density at radius 3 is 2.78 bits per heavy atom. The number of carboxylic acids is 1. The first kappa shape index (κ1) is 6.51. The first-order chi connectivity index (χ1) is 4.22. The SMILES string of the molecule is O=C(O)c1scnc1Cl. The molecule has 1 rings (SSSR count). The highest BCUT2D eigenvalue weighted by Crippen LogP contribution is 2.17. The van der Waals surface area contributed by atoms with E-state index in [2.05, 4.69) is 4.98 Å². The Hall–Kier alpha value is -0.610. The molecule has 5 heteroatoms. The van der Waals surface area contributed by atoms with E-state index in [1.165, 1.54) is 5.51 Å². The summed E-state index contributed by atoms with van der Waals surface area (Å²) < 4.78 is 0. The van der Waals surface area contributed by atoms with E-state index in [1.54, 1.807) is 0 Å². The molecular formula is C4H2ClNO2S. The van der Waals surface area contributed by atoms with Crippen LogP contribution in [0.5, 0.6) is 0 Å². The van der Waals surface area contributed by atoms with Gasteiger partial charge >= 0.3 is 5.97 Å². The average Bonchev–Trinajstić information content (AvgIpc) is 2.13. The fourth-order valence-electron chi connectivity index (χ4n) is 0.371. The number of aromatic nitrogens is 1. The van der Waals surface area contributed by atoms with Gasteiger partial charge in [0.25, 0.3) is 0 Å². The summed E-state index contributed by atoms with van der Waals surface area (Å²) in [7, 11) is 0. The third-order valence-corrected chi connectivity index (χ3v) is 1.93. The van der Waals surface area contributed by atoms with E-state index >= 15 is 0 Å². The zero-order valence-corrected chi connectivity index (χ0v) is 5.74. The molecule has 0 unspecified atom stereocenters. The number of carboxylic acid groups (broad SMARTS) is 1. The maximum atomic E-state index is 10.2. The van der Waals surface area contributed by atoms with Gasteiger partial charge in [0.15, 0.2) is 10.0 Å². The van der Waals surface area contributed by atoms with E-state index in [9.17, 15) is 4.79 Å². The molecule has 1 aromatic heterocycles. The van der Waals surface area contributed by atoms with E-state index in [1.807, 2.05) is 0 Å². The second kappa shape index (κ2) is 2.33. The van der Waals surface area contributed by atoms with Gasteiger partial charge in [0.2, 0.25) is 0 Å². The Balaban J connectivity index is 3.08. The summed E-state index contributed by atoms with van der Waals surface area (Å²) in [5.74, 6) is -1.03. The van der Waals surface area contributed by atoms with Gasteiger partial charge in [-0.3, -0.25) is 0 Å². The third kappa shape index (κ3) is 1.20. The minimum atomic E-state index is -1.03. The number of hydrogen-bond donors (Lipinski definition) is 1. The Labute approximate surface area is 59.9 Å². The Kier molecular flexibility index (Phi) is 1.68. The lowest BCUT2D eigenvalue weighted by molar-refractivity contribution is 0.0702. The van der Waals surface area contributed by atoms with Gasteiger partial charge < -0.3 is 5.11 Å². The van der Waals surface area contributed by atoms with Crippen LogP contribution in [0.25, 0.3) is 0 Å². The first-order valence-corrected chi connectivity index (χ1v) is 3.30. The van der Waals surface area contributed by atoms with E-state index in [-0.39, 0.29) is 10.0 Å². The fourth-order valence-corrected chi connectivity index (χ4v) is 1.21. The van der Waals surface area contributed by atoms with Crippen molar-refractivity contribution < 1.29 is 9.90 Å². The van der Waals surface area contributed by atoms with Crippen molar-refractivity contribution in [2.45, 2.75) is 0 Å². The summed E-state index contributed by atoms with van der Waals surface area (Å²) in [6.45, 7) is 0. The van der Waals surface area contributed by atoms with Crippen LogP contribution in [0.15, 0.2) is 5.51 Å². The highest BCUT2D eigenvalue weighted by molar-refractivity contribution is 7.12. The molecule has 0 saturated carbocycles. The van der Waals surface area contributed by atoms with Crippen molar-refractivity contribution in [3.05, 3.63) is 15.5 Å². The minimum absolute atomic E-state index is 0.0625. The molecule has 1 N–H and O–H groups in total. The zero-order valence-electron chi connectivity index (χ0n) is 4.17. The molecule has 9 heavy (non-hydrogen) atoms. The van der Waals surface area contributed by atoms with E-state index < -0.39 is 5.97 Å². The summed E-state index contributed by atoms with van der Waals surface area (Å²) in [4.78, 5) is 13.8. The Morgan fingerprint density at radius 1 is 1.89 bits per heavy atom. The molecule has 0 aliphatic carbocycles. The van der Waals surface area contributed by atoms with Gasteiger partial charge in [0.1, 0.15) is 0 Å². The highest BCUT2D eigenvalue weighted by atomic mass is 35.5. The van der Waals surface area contributed by atoms with Crippen LogP contribution < -0.4 is 0 Å². The van der Waals surface area contributed by atoms with Gasteiger partial charge in [-0.2, -0.15) is 0 Å². The maximum Gasteiger partial charge on any atom is 0.349 e. The van der Waals surface area contributed by atoms with Crippen LogP contribution in [0.4, 0.5) is 0 Å². The van der Waals surface area contributed by atoms with Gasteiger partial charge in [-0.25, -0.2) is 9.78 Å². The molecule has 3 nitrogen and oxygen atoms in total. The molecule has 48 valence electrons. The zero-order chi connectivity index (χ0) is 6.85. The summed E-state index contributed by atoms with van der Waals surface area (Å²) in [5, 5.41) is 8.40. The fraction of sp³-hybridized carbons (Fsp3) is 0. The average molecular weight is 164 g/mol. The molecule has 0 atom stereocenters. The second-order valence-electron chi connectivity index (χ2n) is 1.28. The van der Waals surface area contributed by atoms with Crippen molar-refractivity contribution in [2.24, 2.45) is 0 Å². The lowest BCUT2D eigenvalue weighted by atomic mass is 10.6. The molecule has 0 aliphatic heterocycles. The Morgan fingerprint density at radius 2 is 2.56 bits per heavy atom. The number of rotatable bonds is 1. The quantitative estimate of drug-likeness (QED) is 0.683. The summed E-state index contributed by atoms with van der Waals surface area (Å²) >= 11 is 6.37. The molecule has 0 spiro atoms. The topological polar surface area (TPSA) is 50.2 Å². The van der Waals surface area contributed by atoms with Crippen LogP contribution in [0.2, 0.25) is 5.15 Å². The van der Waals surface area contributed by atoms with Crippen molar-refractivity contribution in [3.63, 3.8) is 0 Å². The minimum Gasteiger partial charge on any atom is -0.477 e. The first-order valence-electron chi connectivity index (χ1n) is 2.04. The van der Waals surface area contributed by atoms with E-state index in [0.717, 1.165) is 11.3 Å². The molecule has 0 aromatic carbocycles. The molecule has 0 bridgehead atoms. The Bertz CT molecular complexity index is 234. The smallest absolute Gasteiger partial charge is 0.349 e. The maximum absolute atomic E-state index is 10.2. The van der Waals surface area contributed by atoms with Gasteiger partial charge in [-0.1, -0.05) is 11.6 Å². The monoisotopic (exact) mass is 163 g/mol. The molecule has 0 aliphatic rings. The van der Waals surface area contributed by atoms with Gasteiger partial charge in [0.05, 0.1) is 5.51 Å². The van der Waals surface area contributed by atoms with Crippen molar-refractivity contribution in [3.8, 4) is 0 Å². The van der Waals surface area contributed by atoms with E-state index in [0.29, 0.717) is 0 Å². The number of carbonyl (C=O) groups is 1. The number of thiazole rings is 1. The number of hydrogen-bond acceptors (Lipinski definition) is 3. The van der Waals surface area contributed by atoms with Gasteiger partial charge in [0, 0.05) is 0 Å². The summed E-state index contributed by atoms with van der Waals surface area (Å²) in [6.07, 6.45) is 0. The lowest BCUT2D eigenvalue weighted by Gasteiger charge is -1.82. The van der Waals surface area contributed by atoms with Crippen molar-refractivity contribution in [2.75, 3.05) is 0 Å². The largest absolute Gasteiger partial charge is 0.477 e. The summed E-state index contributed by atoms with van der Waals surface area (Å²) in [6, 6.07) is 0. The lowest BCUT2D eigenvalue weighted by Crippen LogP contribution is -1.91. The van der Waals surface area contributed by atoms with Crippen LogP contribution in [-0.4, -0.2) is 16.1 Å². The van der Waals surface area contributed by atoms with Crippen LogP contribution >= 0.6 is 22.9 Å².